The minimum atomic E-state index is -0.381. The van der Waals surface area contributed by atoms with Gasteiger partial charge in [-0.25, -0.2) is 4.79 Å². The fourth-order valence-corrected chi connectivity index (χ4v) is 0.737. The van der Waals surface area contributed by atoms with Crippen LogP contribution >= 0.6 is 0 Å². The van der Waals surface area contributed by atoms with Crippen LogP contribution in [-0.2, 0) is 4.74 Å². The SMILES string of the molecule is O=C1NC[C@@H](CCO)O1. The van der Waals surface area contributed by atoms with Gasteiger partial charge in [0, 0.05) is 13.0 Å². The predicted molar refractivity (Wildman–Crippen MR) is 30.0 cm³/mol. The van der Waals surface area contributed by atoms with Gasteiger partial charge in [0.15, 0.2) is 0 Å². The molecule has 1 rings (SSSR count). The van der Waals surface area contributed by atoms with Crippen LogP contribution in [-0.4, -0.2) is 30.5 Å². The summed E-state index contributed by atoms with van der Waals surface area (Å²) >= 11 is 0. The molecule has 1 amide bonds. The first-order chi connectivity index (χ1) is 4.33. The molecule has 52 valence electrons. The van der Waals surface area contributed by atoms with E-state index in [1.807, 2.05) is 0 Å². The molecule has 1 atom stereocenters. The first-order valence-corrected chi connectivity index (χ1v) is 2.88. The maximum Gasteiger partial charge on any atom is 0.407 e. The highest BCUT2D eigenvalue weighted by atomic mass is 16.6. The number of amides is 1. The van der Waals surface area contributed by atoms with Crippen LogP contribution in [0.3, 0.4) is 0 Å². The van der Waals surface area contributed by atoms with Gasteiger partial charge in [0.05, 0.1) is 6.54 Å². The Hall–Kier alpha value is -0.770. The molecule has 1 saturated heterocycles. The Balaban J connectivity index is 2.22. The van der Waals surface area contributed by atoms with Crippen molar-refractivity contribution in [1.29, 1.82) is 0 Å². The summed E-state index contributed by atoms with van der Waals surface area (Å²) in [7, 11) is 0. The van der Waals surface area contributed by atoms with E-state index < -0.39 is 0 Å². The van der Waals surface area contributed by atoms with E-state index in [0.29, 0.717) is 13.0 Å². The number of carbonyl (C=O) groups excluding carboxylic acids is 1. The Morgan fingerprint density at radius 2 is 2.67 bits per heavy atom. The van der Waals surface area contributed by atoms with Crippen LogP contribution in [0, 0.1) is 0 Å². The number of cyclic esters (lactones) is 1. The molecule has 0 aliphatic carbocycles. The minimum absolute atomic E-state index is 0.0691. The van der Waals surface area contributed by atoms with Crippen LogP contribution in [0.4, 0.5) is 4.79 Å². The zero-order valence-electron chi connectivity index (χ0n) is 4.96. The molecule has 0 aromatic heterocycles. The summed E-state index contributed by atoms with van der Waals surface area (Å²) in [4.78, 5) is 10.3. The topological polar surface area (TPSA) is 58.6 Å². The van der Waals surface area contributed by atoms with Crippen LogP contribution in [0.2, 0.25) is 0 Å². The quantitative estimate of drug-likeness (QED) is 0.530. The van der Waals surface area contributed by atoms with Gasteiger partial charge >= 0.3 is 6.09 Å². The molecule has 1 aliphatic heterocycles. The van der Waals surface area contributed by atoms with E-state index in [1.54, 1.807) is 0 Å². The fraction of sp³-hybridized carbons (Fsp3) is 0.800. The molecule has 1 aliphatic rings. The Morgan fingerprint density at radius 3 is 3.11 bits per heavy atom. The lowest BCUT2D eigenvalue weighted by Crippen LogP contribution is -2.15. The van der Waals surface area contributed by atoms with Crippen molar-refractivity contribution in [3.05, 3.63) is 0 Å². The number of aliphatic hydroxyl groups excluding tert-OH is 1. The number of aliphatic hydroxyl groups is 1. The summed E-state index contributed by atoms with van der Waals surface area (Å²) in [6.45, 7) is 0.596. The maximum absolute atomic E-state index is 10.3. The van der Waals surface area contributed by atoms with E-state index in [-0.39, 0.29) is 18.8 Å². The molecule has 0 spiro atoms. The highest BCUT2D eigenvalue weighted by molar-refractivity contribution is 5.69. The minimum Gasteiger partial charge on any atom is -0.444 e. The molecule has 2 N–H and O–H groups in total. The summed E-state index contributed by atoms with van der Waals surface area (Å²) in [5, 5.41) is 10.9. The molecule has 4 heteroatoms. The number of alkyl carbamates (subject to hydrolysis) is 1. The fourth-order valence-electron chi connectivity index (χ4n) is 0.737. The molecule has 1 heterocycles. The molecule has 9 heavy (non-hydrogen) atoms. The van der Waals surface area contributed by atoms with Gasteiger partial charge in [-0.1, -0.05) is 0 Å². The second-order valence-corrected chi connectivity index (χ2v) is 1.92. The van der Waals surface area contributed by atoms with Crippen LogP contribution < -0.4 is 5.32 Å². The molecule has 1 fully saturated rings. The second kappa shape index (κ2) is 2.68. The van der Waals surface area contributed by atoms with Crippen molar-refractivity contribution in [2.75, 3.05) is 13.2 Å². The van der Waals surface area contributed by atoms with Crippen molar-refractivity contribution in [3.8, 4) is 0 Å². The highest BCUT2D eigenvalue weighted by Gasteiger charge is 2.20. The van der Waals surface area contributed by atoms with Crippen molar-refractivity contribution in [3.63, 3.8) is 0 Å². The summed E-state index contributed by atoms with van der Waals surface area (Å²) in [5.41, 5.74) is 0. The standard InChI is InChI=1S/C5H9NO3/c7-2-1-4-3-6-5(8)9-4/h4,7H,1-3H2,(H,6,8)/t4-/m1/s1. The molecule has 0 unspecified atom stereocenters. The average molecular weight is 131 g/mol. The summed E-state index contributed by atoms with van der Waals surface area (Å²) in [5.74, 6) is 0. The Labute approximate surface area is 52.8 Å². The molecule has 0 bridgehead atoms. The summed E-state index contributed by atoms with van der Waals surface area (Å²) in [6.07, 6.45) is 0.0228. The van der Waals surface area contributed by atoms with Crippen LogP contribution in [0.5, 0.6) is 0 Å². The van der Waals surface area contributed by atoms with E-state index in [4.69, 9.17) is 9.84 Å². The predicted octanol–water partition coefficient (Wildman–Crippen LogP) is -0.523. The van der Waals surface area contributed by atoms with Gasteiger partial charge in [0.2, 0.25) is 0 Å². The third-order valence-corrected chi connectivity index (χ3v) is 1.20. The van der Waals surface area contributed by atoms with E-state index >= 15 is 0 Å². The van der Waals surface area contributed by atoms with E-state index in [9.17, 15) is 4.79 Å². The lowest BCUT2D eigenvalue weighted by Gasteiger charge is -2.02. The van der Waals surface area contributed by atoms with Crippen molar-refractivity contribution in [1.82, 2.24) is 5.32 Å². The Morgan fingerprint density at radius 1 is 1.89 bits per heavy atom. The van der Waals surface area contributed by atoms with Gasteiger partial charge in [-0.15, -0.1) is 0 Å². The lowest BCUT2D eigenvalue weighted by molar-refractivity contribution is 0.121. The first-order valence-electron chi connectivity index (χ1n) is 2.88. The molecule has 0 saturated carbocycles. The van der Waals surface area contributed by atoms with Gasteiger partial charge in [-0.2, -0.15) is 0 Å². The lowest BCUT2D eigenvalue weighted by atomic mass is 10.3. The largest absolute Gasteiger partial charge is 0.444 e. The van der Waals surface area contributed by atoms with Crippen molar-refractivity contribution >= 4 is 6.09 Å². The van der Waals surface area contributed by atoms with E-state index in [1.165, 1.54) is 0 Å². The number of hydrogen-bond donors (Lipinski definition) is 2. The maximum atomic E-state index is 10.3. The van der Waals surface area contributed by atoms with Crippen molar-refractivity contribution < 1.29 is 14.6 Å². The monoisotopic (exact) mass is 131 g/mol. The number of hydrogen-bond acceptors (Lipinski definition) is 3. The smallest absolute Gasteiger partial charge is 0.407 e. The van der Waals surface area contributed by atoms with E-state index in [2.05, 4.69) is 5.32 Å². The number of ether oxygens (including phenoxy) is 1. The first kappa shape index (κ1) is 6.35. The summed E-state index contributed by atoms with van der Waals surface area (Å²) in [6, 6.07) is 0. The van der Waals surface area contributed by atoms with Gasteiger partial charge in [-0.05, 0) is 0 Å². The summed E-state index contributed by atoms with van der Waals surface area (Å²) < 4.78 is 4.69. The zero-order valence-corrected chi connectivity index (χ0v) is 4.96. The molecule has 0 radical (unpaired) electrons. The molecule has 0 aromatic carbocycles. The van der Waals surface area contributed by atoms with Gasteiger partial charge < -0.3 is 15.2 Å². The normalized spacial score (nSPS) is 25.4. The molecule has 4 nitrogen and oxygen atoms in total. The number of rotatable bonds is 2. The number of nitrogens with one attached hydrogen (secondary N) is 1. The molecular weight excluding hydrogens is 122 g/mol. The van der Waals surface area contributed by atoms with Gasteiger partial charge in [0.25, 0.3) is 0 Å². The average Bonchev–Trinajstić information content (AvgIpc) is 2.17. The van der Waals surface area contributed by atoms with Crippen LogP contribution in [0.1, 0.15) is 6.42 Å². The number of carbonyl (C=O) groups is 1. The van der Waals surface area contributed by atoms with Crippen LogP contribution in [0.15, 0.2) is 0 Å². The Kier molecular flexibility index (Phi) is 1.89. The zero-order chi connectivity index (χ0) is 6.69. The molecule has 0 aromatic rings. The van der Waals surface area contributed by atoms with Crippen molar-refractivity contribution in [2.45, 2.75) is 12.5 Å². The highest BCUT2D eigenvalue weighted by Crippen LogP contribution is 2.02. The van der Waals surface area contributed by atoms with Crippen LogP contribution in [0.25, 0.3) is 0 Å². The van der Waals surface area contributed by atoms with Gasteiger partial charge in [0.1, 0.15) is 6.10 Å². The van der Waals surface area contributed by atoms with Gasteiger partial charge in [-0.3, -0.25) is 0 Å². The third-order valence-electron chi connectivity index (χ3n) is 1.20. The van der Waals surface area contributed by atoms with Crippen molar-refractivity contribution in [2.24, 2.45) is 0 Å². The van der Waals surface area contributed by atoms with E-state index in [0.717, 1.165) is 0 Å². The Bertz CT molecular complexity index is 115. The third kappa shape index (κ3) is 1.57. The second-order valence-electron chi connectivity index (χ2n) is 1.92. The molecular formula is C5H9NO3.